The average Bonchev–Trinajstić information content (AvgIpc) is 2.46. The molecule has 108 valence electrons. The molecule has 0 aliphatic carbocycles. The monoisotopic (exact) mass is 280 g/mol. The lowest BCUT2D eigenvalue weighted by molar-refractivity contribution is -0.135. The summed E-state index contributed by atoms with van der Waals surface area (Å²) in [5, 5.41) is 0. The Hall–Kier alpha value is -2.34. The third-order valence-electron chi connectivity index (χ3n) is 2.31. The van der Waals surface area contributed by atoms with Crippen LogP contribution in [0.15, 0.2) is 30.4 Å². The Morgan fingerprint density at radius 2 is 1.75 bits per heavy atom. The second-order valence-electron chi connectivity index (χ2n) is 3.70. The molecule has 0 amide bonds. The fraction of sp³-hybridized carbons (Fsp3) is 0.286. The molecule has 0 saturated heterocycles. The first kappa shape index (κ1) is 15.7. The van der Waals surface area contributed by atoms with E-state index in [0.29, 0.717) is 12.4 Å². The molecule has 0 bridgehead atoms. The fourth-order valence-electron chi connectivity index (χ4n) is 1.40. The minimum atomic E-state index is -0.701. The van der Waals surface area contributed by atoms with Crippen molar-refractivity contribution in [3.05, 3.63) is 35.9 Å². The molecule has 1 aromatic rings. The maximum atomic E-state index is 11.5. The Labute approximate surface area is 116 Å². The zero-order chi connectivity index (χ0) is 15.0. The van der Waals surface area contributed by atoms with Gasteiger partial charge in [0.25, 0.3) is 0 Å². The molecule has 6 heteroatoms. The summed E-state index contributed by atoms with van der Waals surface area (Å²) in [7, 11) is 4.27. The highest BCUT2D eigenvalue weighted by molar-refractivity contribution is 5.92. The Morgan fingerprint density at radius 1 is 1.05 bits per heavy atom. The highest BCUT2D eigenvalue weighted by Crippen LogP contribution is 2.28. The number of ether oxygens (including phenoxy) is 4. The standard InChI is InChI=1S/C14H16O6/c1-17-9-10-4-5-11(12(8-10)18-2)20-14(16)7-6-13(15)19-3/h4-8H,9H2,1-3H3/b7-6+. The van der Waals surface area contributed by atoms with E-state index in [9.17, 15) is 9.59 Å². The van der Waals surface area contributed by atoms with E-state index in [2.05, 4.69) is 4.74 Å². The molecule has 1 rings (SSSR count). The van der Waals surface area contributed by atoms with Crippen LogP contribution in [0.2, 0.25) is 0 Å². The molecule has 0 saturated carbocycles. The number of hydrogen-bond acceptors (Lipinski definition) is 6. The molecule has 0 radical (unpaired) electrons. The zero-order valence-electron chi connectivity index (χ0n) is 11.5. The minimum Gasteiger partial charge on any atom is -0.493 e. The first-order chi connectivity index (χ1) is 9.60. The van der Waals surface area contributed by atoms with Gasteiger partial charge in [0.2, 0.25) is 0 Å². The molecule has 0 spiro atoms. The molecule has 0 fully saturated rings. The van der Waals surface area contributed by atoms with Gasteiger partial charge in [0.15, 0.2) is 11.5 Å². The maximum Gasteiger partial charge on any atom is 0.336 e. The lowest BCUT2D eigenvalue weighted by Crippen LogP contribution is -2.07. The SMILES string of the molecule is COCc1ccc(OC(=O)/C=C/C(=O)OC)c(OC)c1. The number of rotatable bonds is 6. The van der Waals surface area contributed by atoms with Crippen molar-refractivity contribution in [2.24, 2.45) is 0 Å². The van der Waals surface area contributed by atoms with Crippen molar-refractivity contribution in [1.29, 1.82) is 0 Å². The molecule has 0 unspecified atom stereocenters. The van der Waals surface area contributed by atoms with Gasteiger partial charge in [-0.15, -0.1) is 0 Å². The van der Waals surface area contributed by atoms with E-state index in [0.717, 1.165) is 17.7 Å². The maximum absolute atomic E-state index is 11.5. The summed E-state index contributed by atoms with van der Waals surface area (Å²) in [5.74, 6) is -0.677. The first-order valence-corrected chi connectivity index (χ1v) is 5.74. The van der Waals surface area contributed by atoms with Crippen LogP contribution in [0, 0.1) is 0 Å². The molecule has 0 heterocycles. The number of esters is 2. The summed E-state index contributed by atoms with van der Waals surface area (Å²) in [5.41, 5.74) is 0.884. The second-order valence-corrected chi connectivity index (χ2v) is 3.70. The zero-order valence-corrected chi connectivity index (χ0v) is 11.5. The first-order valence-electron chi connectivity index (χ1n) is 5.74. The van der Waals surface area contributed by atoms with Gasteiger partial charge >= 0.3 is 11.9 Å². The predicted octanol–water partition coefficient (Wildman–Crippen LogP) is 1.48. The van der Waals surface area contributed by atoms with Crippen LogP contribution >= 0.6 is 0 Å². The van der Waals surface area contributed by atoms with Crippen LogP contribution in [-0.4, -0.2) is 33.3 Å². The molecule has 1 aromatic carbocycles. The van der Waals surface area contributed by atoms with Crippen molar-refractivity contribution >= 4 is 11.9 Å². The fourth-order valence-corrected chi connectivity index (χ4v) is 1.40. The predicted molar refractivity (Wildman–Crippen MR) is 70.5 cm³/mol. The van der Waals surface area contributed by atoms with Gasteiger partial charge in [-0.2, -0.15) is 0 Å². The van der Waals surface area contributed by atoms with Crippen molar-refractivity contribution in [3.63, 3.8) is 0 Å². The Balaban J connectivity index is 2.79. The summed E-state index contributed by atoms with van der Waals surface area (Å²) in [4.78, 5) is 22.4. The van der Waals surface area contributed by atoms with Crippen molar-refractivity contribution in [3.8, 4) is 11.5 Å². The molecule has 6 nitrogen and oxygen atoms in total. The highest BCUT2D eigenvalue weighted by atomic mass is 16.6. The smallest absolute Gasteiger partial charge is 0.336 e. The third kappa shape index (κ3) is 4.74. The van der Waals surface area contributed by atoms with Crippen molar-refractivity contribution in [2.45, 2.75) is 6.61 Å². The van der Waals surface area contributed by atoms with Gasteiger partial charge in [-0.1, -0.05) is 6.07 Å². The molecule has 0 aromatic heterocycles. The molecule has 0 aliphatic rings. The summed E-state index contributed by atoms with van der Waals surface area (Å²) >= 11 is 0. The van der Waals surface area contributed by atoms with E-state index >= 15 is 0 Å². The molecular weight excluding hydrogens is 264 g/mol. The van der Waals surface area contributed by atoms with E-state index in [1.54, 1.807) is 25.3 Å². The quantitative estimate of drug-likeness (QED) is 0.446. The lowest BCUT2D eigenvalue weighted by Gasteiger charge is -2.09. The van der Waals surface area contributed by atoms with Gasteiger partial charge in [0, 0.05) is 19.3 Å². The van der Waals surface area contributed by atoms with E-state index < -0.39 is 11.9 Å². The minimum absolute atomic E-state index is 0.256. The van der Waals surface area contributed by atoms with Crippen LogP contribution in [0.25, 0.3) is 0 Å². The Kier molecular flexibility index (Phi) is 6.25. The van der Waals surface area contributed by atoms with E-state index in [-0.39, 0.29) is 5.75 Å². The van der Waals surface area contributed by atoms with Crippen LogP contribution < -0.4 is 9.47 Å². The topological polar surface area (TPSA) is 71.1 Å². The van der Waals surface area contributed by atoms with Crippen molar-refractivity contribution < 1.29 is 28.5 Å². The number of methoxy groups -OCH3 is 3. The molecule has 0 aliphatic heterocycles. The lowest BCUT2D eigenvalue weighted by atomic mass is 10.2. The van der Waals surface area contributed by atoms with E-state index in [1.165, 1.54) is 14.2 Å². The van der Waals surface area contributed by atoms with E-state index in [4.69, 9.17) is 14.2 Å². The summed E-state index contributed by atoms with van der Waals surface area (Å²) in [6.07, 6.45) is 1.96. The third-order valence-corrected chi connectivity index (χ3v) is 2.31. The van der Waals surface area contributed by atoms with Crippen LogP contribution in [-0.2, 0) is 25.7 Å². The van der Waals surface area contributed by atoms with E-state index in [1.807, 2.05) is 0 Å². The largest absolute Gasteiger partial charge is 0.493 e. The van der Waals surface area contributed by atoms with Crippen LogP contribution in [0.5, 0.6) is 11.5 Å². The Morgan fingerprint density at radius 3 is 2.35 bits per heavy atom. The van der Waals surface area contributed by atoms with Gasteiger partial charge < -0.3 is 18.9 Å². The van der Waals surface area contributed by atoms with Gasteiger partial charge in [-0.3, -0.25) is 0 Å². The molecular formula is C14H16O6. The van der Waals surface area contributed by atoms with Crippen molar-refractivity contribution in [1.82, 2.24) is 0 Å². The molecule has 0 atom stereocenters. The van der Waals surface area contributed by atoms with Gasteiger partial charge in [-0.25, -0.2) is 9.59 Å². The van der Waals surface area contributed by atoms with Gasteiger partial charge in [0.05, 0.1) is 20.8 Å². The Bertz CT molecular complexity index is 506. The summed E-state index contributed by atoms with van der Waals surface area (Å²) in [6, 6.07) is 5.05. The number of benzene rings is 1. The van der Waals surface area contributed by atoms with Gasteiger partial charge in [-0.05, 0) is 17.7 Å². The summed E-state index contributed by atoms with van der Waals surface area (Å²) in [6.45, 7) is 0.423. The number of hydrogen-bond donors (Lipinski definition) is 0. The molecule has 20 heavy (non-hydrogen) atoms. The summed E-state index contributed by atoms with van der Waals surface area (Å²) < 4.78 is 19.6. The van der Waals surface area contributed by atoms with Crippen LogP contribution in [0.1, 0.15) is 5.56 Å². The normalized spacial score (nSPS) is 10.3. The highest BCUT2D eigenvalue weighted by Gasteiger charge is 2.09. The van der Waals surface area contributed by atoms with Crippen LogP contribution in [0.3, 0.4) is 0 Å². The number of carbonyl (C=O) groups excluding carboxylic acids is 2. The van der Waals surface area contributed by atoms with Crippen molar-refractivity contribution in [2.75, 3.05) is 21.3 Å². The van der Waals surface area contributed by atoms with Crippen LogP contribution in [0.4, 0.5) is 0 Å². The van der Waals surface area contributed by atoms with Gasteiger partial charge in [0.1, 0.15) is 0 Å². The number of carbonyl (C=O) groups is 2. The molecule has 0 N–H and O–H groups in total. The second kappa shape index (κ2) is 7.96. The average molecular weight is 280 g/mol.